The molecule has 2 aromatic rings. The number of hydrogen-bond acceptors (Lipinski definition) is 4. The molecule has 0 atom stereocenters. The molecular formula is C13H15N3O. The van der Waals surface area contributed by atoms with E-state index in [-0.39, 0.29) is 0 Å². The lowest BCUT2D eigenvalue weighted by Crippen LogP contribution is -1.98. The summed E-state index contributed by atoms with van der Waals surface area (Å²) < 4.78 is 5.68. The van der Waals surface area contributed by atoms with Gasteiger partial charge in [-0.2, -0.15) is 0 Å². The number of nitrogens with zero attached hydrogens (tertiary/aromatic N) is 3. The van der Waals surface area contributed by atoms with Crippen molar-refractivity contribution in [3.8, 4) is 11.5 Å². The maximum Gasteiger partial charge on any atom is 0.247 e. The summed E-state index contributed by atoms with van der Waals surface area (Å²) in [6, 6.07) is 3.76. The first kappa shape index (κ1) is 10.4. The molecule has 1 fully saturated rings. The van der Waals surface area contributed by atoms with Crippen molar-refractivity contribution in [2.45, 2.75) is 32.1 Å². The van der Waals surface area contributed by atoms with Gasteiger partial charge < -0.3 is 4.42 Å². The lowest BCUT2D eigenvalue weighted by Gasteiger charge is -2.03. The summed E-state index contributed by atoms with van der Waals surface area (Å²) in [4.78, 5) is 3.97. The maximum absolute atomic E-state index is 5.68. The molecule has 88 valence electrons. The second kappa shape index (κ2) is 4.65. The van der Waals surface area contributed by atoms with Gasteiger partial charge in [0.1, 0.15) is 0 Å². The average Bonchev–Trinajstić information content (AvgIpc) is 3.02. The van der Waals surface area contributed by atoms with Crippen molar-refractivity contribution in [2.24, 2.45) is 5.92 Å². The Morgan fingerprint density at radius 3 is 2.65 bits per heavy atom. The Bertz CT molecular complexity index is 474. The first-order valence-electron chi connectivity index (χ1n) is 6.14. The fourth-order valence-electron chi connectivity index (χ4n) is 2.41. The summed E-state index contributed by atoms with van der Waals surface area (Å²) in [5, 5.41) is 8.20. The highest BCUT2D eigenvalue weighted by Gasteiger charge is 2.18. The second-order valence-electron chi connectivity index (χ2n) is 4.59. The van der Waals surface area contributed by atoms with E-state index in [2.05, 4.69) is 15.2 Å². The SMILES string of the molecule is c1cc(-c2nnc(CC3CCCC3)o2)ccn1. The van der Waals surface area contributed by atoms with Crippen LogP contribution in [0, 0.1) is 5.92 Å². The highest BCUT2D eigenvalue weighted by molar-refractivity contribution is 5.50. The largest absolute Gasteiger partial charge is 0.421 e. The topological polar surface area (TPSA) is 51.8 Å². The minimum Gasteiger partial charge on any atom is -0.421 e. The van der Waals surface area contributed by atoms with Crippen molar-refractivity contribution in [1.29, 1.82) is 0 Å². The van der Waals surface area contributed by atoms with Crippen LogP contribution >= 0.6 is 0 Å². The van der Waals surface area contributed by atoms with Gasteiger partial charge in [-0.05, 0) is 30.9 Å². The van der Waals surface area contributed by atoms with Gasteiger partial charge in [-0.3, -0.25) is 4.98 Å². The van der Waals surface area contributed by atoms with Crippen molar-refractivity contribution in [3.05, 3.63) is 30.4 Å². The van der Waals surface area contributed by atoms with Gasteiger partial charge in [-0.15, -0.1) is 10.2 Å². The van der Waals surface area contributed by atoms with Crippen molar-refractivity contribution in [1.82, 2.24) is 15.2 Å². The van der Waals surface area contributed by atoms with E-state index in [0.717, 1.165) is 23.8 Å². The Labute approximate surface area is 100 Å². The van der Waals surface area contributed by atoms with Crippen molar-refractivity contribution in [2.75, 3.05) is 0 Å². The van der Waals surface area contributed by atoms with Gasteiger partial charge in [-0.25, -0.2) is 0 Å². The van der Waals surface area contributed by atoms with E-state index in [0.29, 0.717) is 5.89 Å². The molecule has 0 N–H and O–H groups in total. The third-order valence-corrected chi connectivity index (χ3v) is 3.33. The molecule has 1 saturated carbocycles. The molecule has 0 spiro atoms. The monoisotopic (exact) mass is 229 g/mol. The Kier molecular flexibility index (Phi) is 2.86. The van der Waals surface area contributed by atoms with Crippen LogP contribution in [0.25, 0.3) is 11.5 Å². The molecule has 2 heterocycles. The zero-order valence-electron chi connectivity index (χ0n) is 9.67. The van der Waals surface area contributed by atoms with Crippen LogP contribution in [0.1, 0.15) is 31.6 Å². The van der Waals surface area contributed by atoms with Crippen LogP contribution in [0.2, 0.25) is 0 Å². The molecule has 17 heavy (non-hydrogen) atoms. The second-order valence-corrected chi connectivity index (χ2v) is 4.59. The minimum absolute atomic E-state index is 0.598. The summed E-state index contributed by atoms with van der Waals surface area (Å²) in [6.07, 6.45) is 9.68. The highest BCUT2D eigenvalue weighted by atomic mass is 16.4. The molecule has 1 aliphatic carbocycles. The standard InChI is InChI=1S/C13H15N3O/c1-2-4-10(3-1)9-12-15-16-13(17-12)11-5-7-14-8-6-11/h5-8,10H,1-4,9H2. The molecule has 0 saturated heterocycles. The first-order chi connectivity index (χ1) is 8.42. The molecule has 1 aliphatic rings. The van der Waals surface area contributed by atoms with Crippen molar-refractivity contribution < 1.29 is 4.42 Å². The highest BCUT2D eigenvalue weighted by Crippen LogP contribution is 2.28. The average molecular weight is 229 g/mol. The summed E-state index contributed by atoms with van der Waals surface area (Å²) in [5.41, 5.74) is 0.935. The Hall–Kier alpha value is -1.71. The zero-order valence-corrected chi connectivity index (χ0v) is 9.67. The fourth-order valence-corrected chi connectivity index (χ4v) is 2.41. The summed E-state index contributed by atoms with van der Waals surface area (Å²) >= 11 is 0. The van der Waals surface area contributed by atoms with Crippen LogP contribution in [-0.2, 0) is 6.42 Å². The first-order valence-corrected chi connectivity index (χ1v) is 6.14. The number of hydrogen-bond donors (Lipinski definition) is 0. The molecule has 0 aliphatic heterocycles. The molecule has 0 aromatic carbocycles. The third kappa shape index (κ3) is 2.35. The number of rotatable bonds is 3. The molecule has 4 nitrogen and oxygen atoms in total. The molecule has 0 unspecified atom stereocenters. The predicted molar refractivity (Wildman–Crippen MR) is 63.2 cm³/mol. The van der Waals surface area contributed by atoms with E-state index in [9.17, 15) is 0 Å². The minimum atomic E-state index is 0.598. The Morgan fingerprint density at radius 1 is 1.12 bits per heavy atom. The van der Waals surface area contributed by atoms with Gasteiger partial charge in [0.15, 0.2) is 0 Å². The number of aromatic nitrogens is 3. The van der Waals surface area contributed by atoms with Crippen LogP contribution in [0.15, 0.2) is 28.9 Å². The quantitative estimate of drug-likeness (QED) is 0.812. The molecule has 0 radical (unpaired) electrons. The Morgan fingerprint density at radius 2 is 1.88 bits per heavy atom. The molecule has 0 amide bonds. The zero-order chi connectivity index (χ0) is 11.5. The summed E-state index contributed by atoms with van der Waals surface area (Å²) in [7, 11) is 0. The van der Waals surface area contributed by atoms with E-state index in [4.69, 9.17) is 4.42 Å². The molecule has 3 rings (SSSR count). The molecule has 4 heteroatoms. The van der Waals surface area contributed by atoms with E-state index in [1.807, 2.05) is 12.1 Å². The third-order valence-electron chi connectivity index (χ3n) is 3.33. The molecule has 0 bridgehead atoms. The van der Waals surface area contributed by atoms with Gasteiger partial charge in [0.2, 0.25) is 11.8 Å². The van der Waals surface area contributed by atoms with Gasteiger partial charge in [0, 0.05) is 24.4 Å². The van der Waals surface area contributed by atoms with Crippen LogP contribution in [-0.4, -0.2) is 15.2 Å². The number of pyridine rings is 1. The van der Waals surface area contributed by atoms with Crippen LogP contribution in [0.4, 0.5) is 0 Å². The molecule has 2 aromatic heterocycles. The van der Waals surface area contributed by atoms with E-state index in [1.54, 1.807) is 12.4 Å². The van der Waals surface area contributed by atoms with Crippen LogP contribution in [0.3, 0.4) is 0 Å². The summed E-state index contributed by atoms with van der Waals surface area (Å²) in [5.74, 6) is 2.10. The van der Waals surface area contributed by atoms with Gasteiger partial charge in [0.25, 0.3) is 0 Å². The predicted octanol–water partition coefficient (Wildman–Crippen LogP) is 2.86. The smallest absolute Gasteiger partial charge is 0.247 e. The van der Waals surface area contributed by atoms with Crippen LogP contribution < -0.4 is 0 Å². The van der Waals surface area contributed by atoms with Crippen molar-refractivity contribution >= 4 is 0 Å². The van der Waals surface area contributed by atoms with E-state index >= 15 is 0 Å². The van der Waals surface area contributed by atoms with E-state index in [1.165, 1.54) is 25.7 Å². The maximum atomic E-state index is 5.68. The molecular weight excluding hydrogens is 214 g/mol. The lowest BCUT2D eigenvalue weighted by molar-refractivity contribution is 0.437. The van der Waals surface area contributed by atoms with Gasteiger partial charge >= 0.3 is 0 Å². The van der Waals surface area contributed by atoms with Crippen LogP contribution in [0.5, 0.6) is 0 Å². The normalized spacial score (nSPS) is 16.5. The fraction of sp³-hybridized carbons (Fsp3) is 0.462. The van der Waals surface area contributed by atoms with Crippen molar-refractivity contribution in [3.63, 3.8) is 0 Å². The Balaban J connectivity index is 1.74. The summed E-state index contributed by atoms with van der Waals surface area (Å²) in [6.45, 7) is 0. The van der Waals surface area contributed by atoms with Gasteiger partial charge in [-0.1, -0.05) is 12.8 Å². The van der Waals surface area contributed by atoms with E-state index < -0.39 is 0 Å². The lowest BCUT2D eigenvalue weighted by atomic mass is 10.0. The van der Waals surface area contributed by atoms with Gasteiger partial charge in [0.05, 0.1) is 0 Å².